The molecule has 3 aliphatic rings. The second-order valence-corrected chi connectivity index (χ2v) is 8.13. The summed E-state index contributed by atoms with van der Waals surface area (Å²) in [6.07, 6.45) is 10.3. The van der Waals surface area contributed by atoms with E-state index >= 15 is 0 Å². The fourth-order valence-corrected chi connectivity index (χ4v) is 4.99. The van der Waals surface area contributed by atoms with E-state index in [4.69, 9.17) is 6.42 Å². The highest BCUT2D eigenvalue weighted by molar-refractivity contribution is 6.04. The highest BCUT2D eigenvalue weighted by Crippen LogP contribution is 2.53. The molecule has 136 valence electrons. The Kier molecular flexibility index (Phi) is 3.36. The van der Waals surface area contributed by atoms with Crippen molar-refractivity contribution >= 4 is 11.6 Å². The zero-order valence-corrected chi connectivity index (χ0v) is 15.1. The van der Waals surface area contributed by atoms with Gasteiger partial charge in [0.1, 0.15) is 11.3 Å². The third-order valence-corrected chi connectivity index (χ3v) is 6.30. The van der Waals surface area contributed by atoms with Gasteiger partial charge in [0.15, 0.2) is 0 Å². The molecule has 0 bridgehead atoms. The molecule has 5 rings (SSSR count). The summed E-state index contributed by atoms with van der Waals surface area (Å²) in [7, 11) is 1.85. The number of benzene rings is 1. The molecule has 2 saturated carbocycles. The van der Waals surface area contributed by atoms with Gasteiger partial charge in [0.25, 0.3) is 5.91 Å². The molecule has 1 amide bonds. The Balaban J connectivity index is 1.36. The molecule has 0 saturated heterocycles. The number of fused-ring (bicyclic) bond motifs is 2. The quantitative estimate of drug-likeness (QED) is 0.519. The average molecular weight is 361 g/mol. The van der Waals surface area contributed by atoms with Crippen molar-refractivity contribution in [1.29, 1.82) is 0 Å². The van der Waals surface area contributed by atoms with E-state index in [2.05, 4.69) is 20.9 Å². The molecule has 2 atom stereocenters. The molecular weight excluding hydrogens is 340 g/mol. The topological polar surface area (TPSA) is 81.2 Å². The van der Waals surface area contributed by atoms with Crippen LogP contribution in [0.5, 0.6) is 0 Å². The molecule has 27 heavy (non-hydrogen) atoms. The Morgan fingerprint density at radius 2 is 2.11 bits per heavy atom. The molecule has 6 heteroatoms. The normalized spacial score (nSPS) is 29.9. The highest BCUT2D eigenvalue weighted by atomic mass is 16.3. The number of amides is 1. The lowest BCUT2D eigenvalue weighted by molar-refractivity contribution is 0.0981. The number of imidazole rings is 1. The van der Waals surface area contributed by atoms with Gasteiger partial charge in [-0.2, -0.15) is 0 Å². The zero-order chi connectivity index (χ0) is 18.8. The molecule has 2 fully saturated rings. The van der Waals surface area contributed by atoms with Crippen molar-refractivity contribution in [3.05, 3.63) is 46.6 Å². The molecule has 1 aromatic carbocycles. The first-order chi connectivity index (χ1) is 13.0. The van der Waals surface area contributed by atoms with Crippen LogP contribution in [0.1, 0.15) is 47.8 Å². The summed E-state index contributed by atoms with van der Waals surface area (Å²) >= 11 is 0. The molecule has 0 radical (unpaired) electrons. The van der Waals surface area contributed by atoms with E-state index in [-0.39, 0.29) is 11.8 Å². The fourth-order valence-electron chi connectivity index (χ4n) is 4.99. The van der Waals surface area contributed by atoms with E-state index in [9.17, 15) is 9.90 Å². The molecular formula is C21H21N4O2+. The number of hydrogen-bond donors (Lipinski definition) is 2. The van der Waals surface area contributed by atoms with Gasteiger partial charge in [-0.05, 0) is 43.6 Å². The molecule has 1 aromatic heterocycles. The largest absolute Gasteiger partial charge is 0.419 e. The van der Waals surface area contributed by atoms with Crippen LogP contribution in [0.4, 0.5) is 5.69 Å². The van der Waals surface area contributed by atoms with Crippen molar-refractivity contribution < 1.29 is 9.90 Å². The Morgan fingerprint density at radius 3 is 2.78 bits per heavy atom. The van der Waals surface area contributed by atoms with Crippen LogP contribution in [0.3, 0.4) is 0 Å². The number of aromatic nitrogens is 2. The van der Waals surface area contributed by atoms with Gasteiger partial charge < -0.3 is 15.0 Å². The lowest BCUT2D eigenvalue weighted by Gasteiger charge is -2.18. The van der Waals surface area contributed by atoms with E-state index in [0.29, 0.717) is 30.4 Å². The second-order valence-electron chi connectivity index (χ2n) is 8.13. The standard InChI is InChI=1S/C21H20N4O2/c1-3-21(27)9-13-6-12(7-14(13)10-21)18-19(25(2)11-22-18)20(26)23-15-4-5-16-17(8-15)24-16/h1,4-5,8,11-14,27H,6-7,9-10H2,2H3/p+1. The smallest absolute Gasteiger partial charge is 0.378 e. The van der Waals surface area contributed by atoms with Gasteiger partial charge in [0.05, 0.1) is 18.1 Å². The van der Waals surface area contributed by atoms with Crippen molar-refractivity contribution in [2.24, 2.45) is 18.9 Å². The zero-order valence-electron chi connectivity index (χ0n) is 15.1. The van der Waals surface area contributed by atoms with E-state index in [1.54, 1.807) is 10.9 Å². The first-order valence-corrected chi connectivity index (χ1v) is 9.34. The van der Waals surface area contributed by atoms with Crippen LogP contribution in [0.15, 0.2) is 24.5 Å². The summed E-state index contributed by atoms with van der Waals surface area (Å²) in [4.78, 5) is 17.5. The molecule has 2 heterocycles. The predicted molar refractivity (Wildman–Crippen MR) is 99.2 cm³/mol. The number of aryl methyl sites for hydroxylation is 1. The summed E-state index contributed by atoms with van der Waals surface area (Å²) in [5.74, 6) is 3.44. The minimum Gasteiger partial charge on any atom is -0.378 e. The summed E-state index contributed by atoms with van der Waals surface area (Å²) in [6, 6.07) is 5.65. The van der Waals surface area contributed by atoms with Gasteiger partial charge >= 0.3 is 10.7 Å². The lowest BCUT2D eigenvalue weighted by atomic mass is 9.93. The minimum atomic E-state index is -0.953. The number of carbonyl (C=O) groups is 1. The monoisotopic (exact) mass is 361 g/mol. The van der Waals surface area contributed by atoms with Crippen molar-refractivity contribution in [3.8, 4) is 12.3 Å². The van der Waals surface area contributed by atoms with Crippen LogP contribution >= 0.6 is 0 Å². The van der Waals surface area contributed by atoms with E-state index in [0.717, 1.165) is 34.9 Å². The SMILES string of the molecule is C#CC1(O)CC2CC(c3ncn(C)c3C(=O)Nc3ccc4c(c3)=[N+]=4)CC2C1. The number of rotatable bonds is 3. The first-order valence-electron chi connectivity index (χ1n) is 9.34. The van der Waals surface area contributed by atoms with Crippen LogP contribution in [-0.2, 0) is 7.05 Å². The van der Waals surface area contributed by atoms with Crippen LogP contribution < -0.4 is 20.7 Å². The molecule has 2 unspecified atom stereocenters. The molecule has 1 aliphatic heterocycles. The summed E-state index contributed by atoms with van der Waals surface area (Å²) < 4.78 is 5.98. The van der Waals surface area contributed by atoms with Gasteiger partial charge in [-0.1, -0.05) is 10.6 Å². The van der Waals surface area contributed by atoms with E-state index < -0.39 is 5.60 Å². The minimum absolute atomic E-state index is 0.150. The second kappa shape index (κ2) is 5.56. The van der Waals surface area contributed by atoms with Crippen LogP contribution in [-0.4, -0.2) is 26.2 Å². The van der Waals surface area contributed by atoms with Crippen LogP contribution in [0.2, 0.25) is 0 Å². The van der Waals surface area contributed by atoms with Crippen LogP contribution in [0.25, 0.3) is 0 Å². The number of hydrogen-bond acceptors (Lipinski definition) is 3. The van der Waals surface area contributed by atoms with Gasteiger partial charge in [-0.25, -0.2) is 4.98 Å². The molecule has 0 spiro atoms. The molecule has 2 aliphatic carbocycles. The Hall–Kier alpha value is -2.87. The van der Waals surface area contributed by atoms with Gasteiger partial charge in [-0.15, -0.1) is 6.42 Å². The van der Waals surface area contributed by atoms with E-state index in [1.807, 2.05) is 25.2 Å². The number of carbonyl (C=O) groups excluding carboxylic acids is 1. The van der Waals surface area contributed by atoms with Gasteiger partial charge in [0.2, 0.25) is 0 Å². The van der Waals surface area contributed by atoms with E-state index in [1.165, 1.54) is 0 Å². The molecule has 2 aromatic rings. The van der Waals surface area contributed by atoms with Crippen molar-refractivity contribution in [1.82, 2.24) is 14.2 Å². The first kappa shape index (κ1) is 16.3. The maximum atomic E-state index is 12.9. The summed E-state index contributed by atoms with van der Waals surface area (Å²) in [5, 5.41) is 15.3. The predicted octanol–water partition coefficient (Wildman–Crippen LogP) is 0.260. The maximum absolute atomic E-state index is 12.9. The number of aliphatic hydroxyl groups is 1. The number of terminal acetylenes is 1. The van der Waals surface area contributed by atoms with Gasteiger partial charge in [-0.3, -0.25) is 4.79 Å². The van der Waals surface area contributed by atoms with Crippen molar-refractivity contribution in [2.45, 2.75) is 37.2 Å². The average Bonchev–Trinajstić information content (AvgIpc) is 2.97. The maximum Gasteiger partial charge on any atom is 0.419 e. The third kappa shape index (κ3) is 2.68. The number of nitrogens with zero attached hydrogens (tertiary/aromatic N) is 3. The fraction of sp³-hybridized carbons (Fsp3) is 0.429. The third-order valence-electron chi connectivity index (χ3n) is 6.30. The summed E-state index contributed by atoms with van der Waals surface area (Å²) in [5.41, 5.74) is 1.25. The number of nitrogens with one attached hydrogen (secondary N) is 1. The lowest BCUT2D eigenvalue weighted by Crippen LogP contribution is -2.23. The van der Waals surface area contributed by atoms with Crippen molar-refractivity contribution in [2.75, 3.05) is 5.32 Å². The van der Waals surface area contributed by atoms with Crippen molar-refractivity contribution in [3.63, 3.8) is 0 Å². The van der Waals surface area contributed by atoms with Gasteiger partial charge in [0, 0.05) is 24.7 Å². The highest BCUT2D eigenvalue weighted by Gasteiger charge is 2.49. The summed E-state index contributed by atoms with van der Waals surface area (Å²) in [6.45, 7) is 0. The molecule has 2 N–H and O–H groups in total. The number of anilines is 1. The Bertz CT molecular complexity index is 1120. The Labute approximate surface area is 156 Å². The van der Waals surface area contributed by atoms with Crippen LogP contribution in [0, 0.1) is 24.2 Å². The Morgan fingerprint density at radius 1 is 1.37 bits per heavy atom. The molecule has 6 nitrogen and oxygen atoms in total.